The van der Waals surface area contributed by atoms with Crippen LogP contribution in [0.25, 0.3) is 11.1 Å². The Balaban J connectivity index is 1.68. The van der Waals surface area contributed by atoms with Crippen LogP contribution in [0.1, 0.15) is 45.2 Å². The Morgan fingerprint density at radius 2 is 1.80 bits per heavy atom. The molecule has 6 nitrogen and oxygen atoms in total. The number of benzene rings is 1. The van der Waals surface area contributed by atoms with Gasteiger partial charge in [-0.1, -0.05) is 24.6 Å². The number of aromatic nitrogens is 2. The molecule has 2 fully saturated rings. The first-order valence-corrected chi connectivity index (χ1v) is 9.80. The van der Waals surface area contributed by atoms with E-state index in [9.17, 15) is 22.8 Å². The maximum absolute atomic E-state index is 13.5. The van der Waals surface area contributed by atoms with E-state index in [1.807, 2.05) is 6.92 Å². The molecule has 0 unspecified atom stereocenters. The molecule has 4 rings (SSSR count). The van der Waals surface area contributed by atoms with Gasteiger partial charge >= 0.3 is 12.1 Å². The molecule has 160 valence electrons. The van der Waals surface area contributed by atoms with Crippen LogP contribution < -0.4 is 10.1 Å². The summed E-state index contributed by atoms with van der Waals surface area (Å²) in [4.78, 5) is 24.5. The monoisotopic (exact) mass is 441 g/mol. The van der Waals surface area contributed by atoms with Crippen LogP contribution in [0.5, 0.6) is 5.88 Å². The number of alkyl halides is 3. The van der Waals surface area contributed by atoms with E-state index in [-0.39, 0.29) is 16.5 Å². The number of carbonyl (C=O) groups excluding carboxylic acids is 2. The Labute approximate surface area is 175 Å². The number of carbonyl (C=O) groups is 2. The van der Waals surface area contributed by atoms with E-state index < -0.39 is 40.1 Å². The van der Waals surface area contributed by atoms with Gasteiger partial charge in [0.15, 0.2) is 5.69 Å². The van der Waals surface area contributed by atoms with Crippen molar-refractivity contribution in [2.24, 2.45) is 10.8 Å². The first-order chi connectivity index (χ1) is 13.9. The number of rotatable bonds is 5. The minimum atomic E-state index is -4.79. The van der Waals surface area contributed by atoms with Crippen LogP contribution >= 0.6 is 11.6 Å². The van der Waals surface area contributed by atoms with Crippen molar-refractivity contribution in [1.82, 2.24) is 10.2 Å². The number of anilines is 1. The molecule has 0 aliphatic heterocycles. The quantitative estimate of drug-likeness (QED) is 0.625. The number of amides is 1. The molecular formula is C20H19ClF3N3O3. The number of aromatic amines is 1. The highest BCUT2D eigenvalue weighted by Crippen LogP contribution is 2.49. The summed E-state index contributed by atoms with van der Waals surface area (Å²) in [7, 11) is 0. The minimum absolute atomic E-state index is 0.0166. The normalized spacial score (nSPS) is 18.6. The second-order valence-corrected chi connectivity index (χ2v) is 8.84. The standard InChI is InChI=1S/C20H19ClF3N3O3/c1-18(5-6-18)16(28)25-10-3-4-11(12(21)9-10)13-14(20(22,23)24)26-27-15(13)30-17(29)19(2)7-8-19/h3-4,9H,5-8H2,1-2H3,(H,25,28)(H,26,27). The fraction of sp³-hybridized carbons (Fsp3) is 0.450. The molecule has 10 heteroatoms. The molecule has 0 radical (unpaired) electrons. The Hall–Kier alpha value is -2.55. The number of halogens is 4. The molecule has 2 saturated carbocycles. The maximum atomic E-state index is 13.5. The third kappa shape index (κ3) is 3.78. The molecule has 0 bridgehead atoms. The van der Waals surface area contributed by atoms with Gasteiger partial charge in [-0.3, -0.25) is 9.59 Å². The topological polar surface area (TPSA) is 84.1 Å². The summed E-state index contributed by atoms with van der Waals surface area (Å²) in [5, 5.41) is 8.16. The molecule has 2 aromatic rings. The molecule has 0 saturated heterocycles. The summed E-state index contributed by atoms with van der Waals surface area (Å²) >= 11 is 6.27. The Bertz CT molecular complexity index is 1040. The van der Waals surface area contributed by atoms with Gasteiger partial charge in [-0.15, -0.1) is 0 Å². The predicted octanol–water partition coefficient (Wildman–Crippen LogP) is 5.19. The third-order valence-corrected chi connectivity index (χ3v) is 6.05. The van der Waals surface area contributed by atoms with Gasteiger partial charge in [0, 0.05) is 16.7 Å². The summed E-state index contributed by atoms with van der Waals surface area (Å²) in [6.45, 7) is 3.52. The van der Waals surface area contributed by atoms with E-state index in [2.05, 4.69) is 15.5 Å². The van der Waals surface area contributed by atoms with Crippen LogP contribution in [0.4, 0.5) is 18.9 Å². The zero-order chi connectivity index (χ0) is 21.9. The van der Waals surface area contributed by atoms with Gasteiger partial charge in [0.05, 0.1) is 16.0 Å². The summed E-state index contributed by atoms with van der Waals surface area (Å²) < 4.78 is 45.8. The Morgan fingerprint density at radius 3 is 2.33 bits per heavy atom. The number of H-pyrrole nitrogens is 1. The van der Waals surface area contributed by atoms with Crippen LogP contribution in [-0.2, 0) is 15.8 Å². The van der Waals surface area contributed by atoms with E-state index in [1.165, 1.54) is 18.2 Å². The number of hydrogen-bond acceptors (Lipinski definition) is 4. The first kappa shape index (κ1) is 20.7. The average molecular weight is 442 g/mol. The Morgan fingerprint density at radius 1 is 1.17 bits per heavy atom. The maximum Gasteiger partial charge on any atom is 0.435 e. The number of ether oxygens (including phenoxy) is 1. The predicted molar refractivity (Wildman–Crippen MR) is 103 cm³/mol. The van der Waals surface area contributed by atoms with Crippen LogP contribution in [0, 0.1) is 10.8 Å². The minimum Gasteiger partial charge on any atom is -0.407 e. The lowest BCUT2D eigenvalue weighted by Gasteiger charge is -2.14. The van der Waals surface area contributed by atoms with Crippen molar-refractivity contribution in [3.8, 4) is 17.0 Å². The highest BCUT2D eigenvalue weighted by molar-refractivity contribution is 6.33. The second-order valence-electron chi connectivity index (χ2n) is 8.43. The lowest BCUT2D eigenvalue weighted by molar-refractivity contribution is -0.141. The van der Waals surface area contributed by atoms with Gasteiger partial charge in [0.1, 0.15) is 0 Å². The van der Waals surface area contributed by atoms with Crippen LogP contribution in [-0.4, -0.2) is 22.1 Å². The molecule has 1 aromatic carbocycles. The van der Waals surface area contributed by atoms with E-state index in [0.29, 0.717) is 18.5 Å². The average Bonchev–Trinajstić information content (AvgIpc) is 3.54. The highest BCUT2D eigenvalue weighted by atomic mass is 35.5. The smallest absolute Gasteiger partial charge is 0.407 e. The van der Waals surface area contributed by atoms with Crippen LogP contribution in [0.3, 0.4) is 0 Å². The summed E-state index contributed by atoms with van der Waals surface area (Å²) in [5.74, 6) is -1.21. The molecular weight excluding hydrogens is 423 g/mol. The zero-order valence-corrected chi connectivity index (χ0v) is 17.0. The zero-order valence-electron chi connectivity index (χ0n) is 16.2. The number of nitrogens with one attached hydrogen (secondary N) is 2. The van der Waals surface area contributed by atoms with Gasteiger partial charge in [-0.2, -0.15) is 18.3 Å². The fourth-order valence-corrected chi connectivity index (χ4v) is 3.23. The van der Waals surface area contributed by atoms with Crippen molar-refractivity contribution in [2.75, 3.05) is 5.32 Å². The third-order valence-electron chi connectivity index (χ3n) is 5.73. The van der Waals surface area contributed by atoms with Gasteiger partial charge in [0.2, 0.25) is 11.8 Å². The van der Waals surface area contributed by atoms with E-state index in [1.54, 1.807) is 6.92 Å². The number of hydrogen-bond donors (Lipinski definition) is 2. The van der Waals surface area contributed by atoms with E-state index in [0.717, 1.165) is 12.8 Å². The lowest BCUT2D eigenvalue weighted by atomic mass is 10.0. The number of esters is 1. The molecule has 2 aliphatic rings. The number of nitrogens with zero attached hydrogens (tertiary/aromatic N) is 1. The van der Waals surface area contributed by atoms with Gasteiger partial charge in [-0.25, -0.2) is 5.10 Å². The summed E-state index contributed by atoms with van der Waals surface area (Å²) in [5.41, 5.74) is -2.45. The highest BCUT2D eigenvalue weighted by Gasteiger charge is 2.48. The van der Waals surface area contributed by atoms with Crippen molar-refractivity contribution >= 4 is 29.2 Å². The first-order valence-electron chi connectivity index (χ1n) is 9.42. The second kappa shape index (κ2) is 6.73. The van der Waals surface area contributed by atoms with Crippen LogP contribution in [0.2, 0.25) is 5.02 Å². The van der Waals surface area contributed by atoms with Crippen molar-refractivity contribution in [3.63, 3.8) is 0 Å². The molecule has 30 heavy (non-hydrogen) atoms. The van der Waals surface area contributed by atoms with Gasteiger partial charge < -0.3 is 10.1 Å². The van der Waals surface area contributed by atoms with Crippen molar-refractivity contribution < 1.29 is 27.5 Å². The lowest BCUT2D eigenvalue weighted by Crippen LogP contribution is -2.21. The molecule has 2 N–H and O–H groups in total. The van der Waals surface area contributed by atoms with Crippen molar-refractivity contribution in [1.29, 1.82) is 0 Å². The Kier molecular flexibility index (Phi) is 4.65. The SMILES string of the molecule is CC1(C(=O)Nc2ccc(-c3c(C(F)(F)F)n[nH]c3OC(=O)C3(C)CC3)c(Cl)c2)CC1. The molecule has 1 aromatic heterocycles. The van der Waals surface area contributed by atoms with Crippen LogP contribution in [0.15, 0.2) is 18.2 Å². The molecule has 0 atom stereocenters. The molecule has 1 heterocycles. The molecule has 2 aliphatic carbocycles. The van der Waals surface area contributed by atoms with Gasteiger partial charge in [0.25, 0.3) is 0 Å². The largest absolute Gasteiger partial charge is 0.435 e. The van der Waals surface area contributed by atoms with E-state index in [4.69, 9.17) is 16.3 Å². The molecule has 1 amide bonds. The summed E-state index contributed by atoms with van der Waals surface area (Å²) in [6.07, 6.45) is -2.02. The van der Waals surface area contributed by atoms with Crippen molar-refractivity contribution in [3.05, 3.63) is 28.9 Å². The summed E-state index contributed by atoms with van der Waals surface area (Å²) in [6, 6.07) is 4.15. The van der Waals surface area contributed by atoms with Crippen molar-refractivity contribution in [2.45, 2.75) is 45.7 Å². The fourth-order valence-electron chi connectivity index (χ4n) is 2.95. The van der Waals surface area contributed by atoms with Gasteiger partial charge in [-0.05, 0) is 44.7 Å². The van der Waals surface area contributed by atoms with E-state index >= 15 is 0 Å². The molecule has 0 spiro atoms.